The second kappa shape index (κ2) is 7.30. The Bertz CT molecular complexity index is 740. The molecule has 0 aromatic heterocycles. The quantitative estimate of drug-likeness (QED) is 0.854. The molecule has 1 unspecified atom stereocenters. The highest BCUT2D eigenvalue weighted by atomic mass is 16.4. The Labute approximate surface area is 142 Å². The lowest BCUT2D eigenvalue weighted by atomic mass is 9.78. The summed E-state index contributed by atoms with van der Waals surface area (Å²) in [6.07, 6.45) is 0.388. The van der Waals surface area contributed by atoms with Gasteiger partial charge in [-0.15, -0.1) is 0 Å². The molecular weight excluding hydrogens is 302 g/mol. The highest BCUT2D eigenvalue weighted by Crippen LogP contribution is 2.28. The number of aliphatic carboxylic acids is 1. The molecule has 0 spiro atoms. The third kappa shape index (κ3) is 3.48. The lowest BCUT2D eigenvalue weighted by Crippen LogP contribution is -2.46. The van der Waals surface area contributed by atoms with E-state index in [0.29, 0.717) is 17.5 Å². The SMILES string of the molecule is CCC(CNC(=O)c1ccc(C)c(C)c1)(C(=O)O)c1ccccc1. The first-order valence-electron chi connectivity index (χ1n) is 8.05. The van der Waals surface area contributed by atoms with Gasteiger partial charge in [0.1, 0.15) is 5.41 Å². The van der Waals surface area contributed by atoms with Crippen molar-refractivity contribution in [1.82, 2.24) is 5.32 Å². The van der Waals surface area contributed by atoms with Gasteiger partial charge < -0.3 is 10.4 Å². The number of carboxylic acid groups (broad SMARTS) is 1. The summed E-state index contributed by atoms with van der Waals surface area (Å²) >= 11 is 0. The van der Waals surface area contributed by atoms with Gasteiger partial charge in [-0.3, -0.25) is 9.59 Å². The molecule has 0 saturated heterocycles. The number of carboxylic acids is 1. The number of rotatable bonds is 6. The van der Waals surface area contributed by atoms with Gasteiger partial charge in [0.15, 0.2) is 0 Å². The third-order valence-corrected chi connectivity index (χ3v) is 4.66. The first kappa shape index (κ1) is 17.7. The van der Waals surface area contributed by atoms with Crippen LogP contribution in [0.15, 0.2) is 48.5 Å². The number of aryl methyl sites for hydroxylation is 2. The molecule has 24 heavy (non-hydrogen) atoms. The van der Waals surface area contributed by atoms with Crippen LogP contribution in [0.2, 0.25) is 0 Å². The molecule has 0 aliphatic heterocycles. The number of hydrogen-bond donors (Lipinski definition) is 2. The highest BCUT2D eigenvalue weighted by molar-refractivity contribution is 5.95. The van der Waals surface area contributed by atoms with Crippen LogP contribution in [0, 0.1) is 13.8 Å². The zero-order chi connectivity index (χ0) is 17.7. The fourth-order valence-corrected chi connectivity index (χ4v) is 2.75. The largest absolute Gasteiger partial charge is 0.481 e. The predicted molar refractivity (Wildman–Crippen MR) is 94.3 cm³/mol. The van der Waals surface area contributed by atoms with E-state index in [4.69, 9.17) is 0 Å². The second-order valence-electron chi connectivity index (χ2n) is 6.09. The molecule has 0 fully saturated rings. The van der Waals surface area contributed by atoms with E-state index >= 15 is 0 Å². The van der Waals surface area contributed by atoms with Crippen LogP contribution in [-0.2, 0) is 10.2 Å². The Morgan fingerprint density at radius 1 is 1.04 bits per heavy atom. The van der Waals surface area contributed by atoms with Crippen LogP contribution in [0.25, 0.3) is 0 Å². The van der Waals surface area contributed by atoms with Crippen molar-refractivity contribution >= 4 is 11.9 Å². The highest BCUT2D eigenvalue weighted by Gasteiger charge is 2.39. The van der Waals surface area contributed by atoms with Crippen LogP contribution in [0.1, 0.15) is 40.4 Å². The number of benzene rings is 2. The lowest BCUT2D eigenvalue weighted by molar-refractivity contribution is -0.143. The summed E-state index contributed by atoms with van der Waals surface area (Å²) < 4.78 is 0. The number of carbonyl (C=O) groups excluding carboxylic acids is 1. The van der Waals surface area contributed by atoms with E-state index in [0.717, 1.165) is 11.1 Å². The molecule has 2 N–H and O–H groups in total. The minimum Gasteiger partial charge on any atom is -0.481 e. The van der Waals surface area contributed by atoms with Gasteiger partial charge in [-0.2, -0.15) is 0 Å². The van der Waals surface area contributed by atoms with Crippen LogP contribution >= 0.6 is 0 Å². The van der Waals surface area contributed by atoms with E-state index < -0.39 is 11.4 Å². The maximum atomic E-state index is 12.4. The van der Waals surface area contributed by atoms with Crippen molar-refractivity contribution in [2.45, 2.75) is 32.6 Å². The molecule has 4 heteroatoms. The lowest BCUT2D eigenvalue weighted by Gasteiger charge is -2.29. The molecule has 0 saturated carbocycles. The van der Waals surface area contributed by atoms with E-state index in [1.165, 1.54) is 0 Å². The molecule has 2 rings (SSSR count). The first-order valence-corrected chi connectivity index (χ1v) is 8.05. The summed E-state index contributed by atoms with van der Waals surface area (Å²) in [6, 6.07) is 14.5. The molecule has 4 nitrogen and oxygen atoms in total. The minimum absolute atomic E-state index is 0.0502. The van der Waals surface area contributed by atoms with Gasteiger partial charge in [-0.25, -0.2) is 0 Å². The van der Waals surface area contributed by atoms with Crippen molar-refractivity contribution < 1.29 is 14.7 Å². The van der Waals surface area contributed by atoms with E-state index in [9.17, 15) is 14.7 Å². The van der Waals surface area contributed by atoms with Crippen molar-refractivity contribution in [2.24, 2.45) is 0 Å². The van der Waals surface area contributed by atoms with Gasteiger partial charge in [0, 0.05) is 12.1 Å². The van der Waals surface area contributed by atoms with Gasteiger partial charge in [-0.1, -0.05) is 43.3 Å². The number of hydrogen-bond acceptors (Lipinski definition) is 2. The molecular formula is C20H23NO3. The average Bonchev–Trinajstić information content (AvgIpc) is 2.58. The summed E-state index contributed by atoms with van der Waals surface area (Å²) in [5, 5.41) is 12.6. The monoisotopic (exact) mass is 325 g/mol. The Hall–Kier alpha value is -2.62. The van der Waals surface area contributed by atoms with Crippen LogP contribution in [-0.4, -0.2) is 23.5 Å². The number of amides is 1. The summed E-state index contributed by atoms with van der Waals surface area (Å²) in [5.41, 5.74) is 2.26. The molecule has 126 valence electrons. The molecule has 0 radical (unpaired) electrons. The predicted octanol–water partition coefficient (Wildman–Crippen LogP) is 3.47. The molecule has 1 amide bonds. The summed E-state index contributed by atoms with van der Waals surface area (Å²) in [7, 11) is 0. The average molecular weight is 325 g/mol. The Morgan fingerprint density at radius 3 is 2.25 bits per heavy atom. The summed E-state index contributed by atoms with van der Waals surface area (Å²) in [6.45, 7) is 5.81. The first-order chi connectivity index (χ1) is 11.4. The van der Waals surface area contributed by atoms with Crippen molar-refractivity contribution in [3.8, 4) is 0 Å². The number of nitrogens with one attached hydrogen (secondary N) is 1. The zero-order valence-corrected chi connectivity index (χ0v) is 14.3. The molecule has 1 atom stereocenters. The van der Waals surface area contributed by atoms with Crippen molar-refractivity contribution in [2.75, 3.05) is 6.54 Å². The Morgan fingerprint density at radius 2 is 1.71 bits per heavy atom. The van der Waals surface area contributed by atoms with Crippen LogP contribution in [0.4, 0.5) is 0 Å². The molecule has 0 aliphatic rings. The maximum absolute atomic E-state index is 12.4. The normalized spacial score (nSPS) is 13.1. The fourth-order valence-electron chi connectivity index (χ4n) is 2.75. The Balaban J connectivity index is 2.23. The van der Waals surface area contributed by atoms with Gasteiger partial charge >= 0.3 is 5.97 Å². The van der Waals surface area contributed by atoms with Crippen molar-refractivity contribution in [3.63, 3.8) is 0 Å². The number of carbonyl (C=O) groups is 2. The van der Waals surface area contributed by atoms with E-state index in [2.05, 4.69) is 5.32 Å². The summed E-state index contributed by atoms with van der Waals surface area (Å²) in [5.74, 6) is -1.19. The molecule has 0 bridgehead atoms. The molecule has 2 aromatic rings. The zero-order valence-electron chi connectivity index (χ0n) is 14.3. The van der Waals surface area contributed by atoms with E-state index in [1.54, 1.807) is 18.2 Å². The molecule has 2 aromatic carbocycles. The minimum atomic E-state index is -1.13. The third-order valence-electron chi connectivity index (χ3n) is 4.66. The topological polar surface area (TPSA) is 66.4 Å². The van der Waals surface area contributed by atoms with Crippen molar-refractivity contribution in [1.29, 1.82) is 0 Å². The van der Waals surface area contributed by atoms with Crippen LogP contribution < -0.4 is 5.32 Å². The van der Waals surface area contributed by atoms with Crippen molar-refractivity contribution in [3.05, 3.63) is 70.8 Å². The smallest absolute Gasteiger partial charge is 0.315 e. The van der Waals surface area contributed by atoms with Gasteiger partial charge in [0.2, 0.25) is 0 Å². The van der Waals surface area contributed by atoms with E-state index in [1.807, 2.05) is 51.1 Å². The molecule has 0 heterocycles. The van der Waals surface area contributed by atoms with Gasteiger partial charge in [-0.05, 0) is 49.1 Å². The van der Waals surface area contributed by atoms with Crippen LogP contribution in [0.5, 0.6) is 0 Å². The van der Waals surface area contributed by atoms with Gasteiger partial charge in [0.05, 0.1) is 0 Å². The van der Waals surface area contributed by atoms with Gasteiger partial charge in [0.25, 0.3) is 5.91 Å². The van der Waals surface area contributed by atoms with Crippen LogP contribution in [0.3, 0.4) is 0 Å². The van der Waals surface area contributed by atoms with E-state index in [-0.39, 0.29) is 12.5 Å². The Kier molecular flexibility index (Phi) is 5.39. The standard InChI is InChI=1S/C20H23NO3/c1-4-20(19(23)24,17-8-6-5-7-9-17)13-21-18(22)16-11-10-14(2)15(3)12-16/h5-12H,4,13H2,1-3H3,(H,21,22)(H,23,24). The second-order valence-corrected chi connectivity index (χ2v) is 6.09. The fraction of sp³-hybridized carbons (Fsp3) is 0.300. The molecule has 0 aliphatic carbocycles. The maximum Gasteiger partial charge on any atom is 0.315 e. The summed E-state index contributed by atoms with van der Waals surface area (Å²) in [4.78, 5) is 24.4.